The number of anilines is 3. The molecule has 5 rings (SSSR count). The largest absolute Gasteiger partial charge is 0.330 e. The number of likely N-dealkylation sites (tertiary alicyclic amines) is 2. The minimum atomic E-state index is -3.67. The Kier molecular flexibility index (Phi) is 9.35. The fraction of sp³-hybridized carbons (Fsp3) is 0.519. The third kappa shape index (κ3) is 7.52. The summed E-state index contributed by atoms with van der Waals surface area (Å²) in [6.45, 7) is 5.16. The minimum absolute atomic E-state index is 0.0976. The molecule has 206 valence electrons. The predicted molar refractivity (Wildman–Crippen MR) is 147 cm³/mol. The standard InChI is InChI=1S/C26H33N5O2.CH4O3S/c32-25-21-11-2-3-13-23(21)31(24-22(28-25)12-6-14-27-24)26(33)30-18-8-10-20(19-30)9-7-17-29-15-4-1-5-16-29;1-5(2,3)4/h2-3,6,11-14,20H,1,4-5,7-10,15-19H2,(H,28,32);1H3,(H,2,3,4). The number of rotatable bonds is 4. The predicted octanol–water partition coefficient (Wildman–Crippen LogP) is 4.39. The van der Waals surface area contributed by atoms with E-state index >= 15 is 0 Å². The van der Waals surface area contributed by atoms with Crippen molar-refractivity contribution in [2.24, 2.45) is 5.92 Å². The zero-order valence-electron chi connectivity index (χ0n) is 21.9. The van der Waals surface area contributed by atoms with Crippen molar-refractivity contribution < 1.29 is 22.6 Å². The maximum atomic E-state index is 13.9. The average Bonchev–Trinajstić information content (AvgIpc) is 3.02. The van der Waals surface area contributed by atoms with Crippen molar-refractivity contribution in [1.82, 2.24) is 14.8 Å². The van der Waals surface area contributed by atoms with Gasteiger partial charge in [0.25, 0.3) is 16.0 Å². The molecular weight excluding hydrogens is 506 g/mol. The first-order valence-electron chi connectivity index (χ1n) is 13.3. The summed E-state index contributed by atoms with van der Waals surface area (Å²) in [5.41, 5.74) is 1.63. The second-order valence-corrected chi connectivity index (χ2v) is 11.7. The topological polar surface area (TPSA) is 123 Å². The SMILES string of the molecule is CS(=O)(=O)O.O=C1Nc2cccnc2N(C(=O)N2CCCC(CCCN3CCCCC3)C2)c2ccccc21. The zero-order chi connectivity index (χ0) is 27.1. The Morgan fingerprint density at radius 2 is 1.82 bits per heavy atom. The van der Waals surface area contributed by atoms with Crippen molar-refractivity contribution in [2.45, 2.75) is 44.9 Å². The highest BCUT2D eigenvalue weighted by Gasteiger charge is 2.34. The number of piperidine rings is 2. The van der Waals surface area contributed by atoms with Gasteiger partial charge in [0.15, 0.2) is 5.82 Å². The number of nitrogens with zero attached hydrogens (tertiary/aromatic N) is 4. The van der Waals surface area contributed by atoms with Crippen molar-refractivity contribution in [3.63, 3.8) is 0 Å². The lowest BCUT2D eigenvalue weighted by molar-refractivity contribution is 0.102. The summed E-state index contributed by atoms with van der Waals surface area (Å²) in [4.78, 5) is 37.4. The van der Waals surface area contributed by atoms with Crippen LogP contribution in [-0.4, -0.2) is 78.7 Å². The smallest absolute Gasteiger partial charge is 0.324 e. The molecular formula is C27H37N5O5S. The molecule has 38 heavy (non-hydrogen) atoms. The second kappa shape index (κ2) is 12.7. The van der Waals surface area contributed by atoms with Gasteiger partial charge in [0.2, 0.25) is 0 Å². The molecule has 2 aromatic rings. The first-order valence-corrected chi connectivity index (χ1v) is 15.1. The van der Waals surface area contributed by atoms with Crippen molar-refractivity contribution in [3.05, 3.63) is 48.2 Å². The maximum Gasteiger partial charge on any atom is 0.330 e. The van der Waals surface area contributed by atoms with Crippen LogP contribution in [0.5, 0.6) is 0 Å². The van der Waals surface area contributed by atoms with Gasteiger partial charge in [-0.2, -0.15) is 8.42 Å². The van der Waals surface area contributed by atoms with E-state index in [1.165, 1.54) is 51.7 Å². The lowest BCUT2D eigenvalue weighted by Crippen LogP contribution is -2.46. The quantitative estimate of drug-likeness (QED) is 0.548. The van der Waals surface area contributed by atoms with Crippen molar-refractivity contribution in [1.29, 1.82) is 0 Å². The third-order valence-electron chi connectivity index (χ3n) is 7.15. The molecule has 1 aromatic carbocycles. The number of carbonyl (C=O) groups is 2. The van der Waals surface area contributed by atoms with Crippen LogP contribution in [0.2, 0.25) is 0 Å². The van der Waals surface area contributed by atoms with E-state index in [2.05, 4.69) is 15.2 Å². The molecule has 3 aliphatic heterocycles. The van der Waals surface area contributed by atoms with Gasteiger partial charge < -0.3 is 15.1 Å². The number of aromatic nitrogens is 1. The van der Waals surface area contributed by atoms with Crippen LogP contribution in [0.25, 0.3) is 0 Å². The van der Waals surface area contributed by atoms with Crippen molar-refractivity contribution >= 4 is 39.2 Å². The summed E-state index contributed by atoms with van der Waals surface area (Å²) in [5, 5.41) is 2.92. The number of pyridine rings is 1. The average molecular weight is 544 g/mol. The van der Waals surface area contributed by atoms with Gasteiger partial charge in [-0.1, -0.05) is 18.6 Å². The molecule has 1 atom stereocenters. The van der Waals surface area contributed by atoms with Crippen LogP contribution >= 0.6 is 0 Å². The number of hydrogen-bond donors (Lipinski definition) is 2. The van der Waals surface area contributed by atoms with E-state index in [1.807, 2.05) is 23.1 Å². The van der Waals surface area contributed by atoms with Crippen LogP contribution in [0.4, 0.5) is 22.0 Å². The second-order valence-electron chi connectivity index (χ2n) is 10.2. The van der Waals surface area contributed by atoms with E-state index in [1.54, 1.807) is 29.3 Å². The van der Waals surface area contributed by atoms with E-state index in [-0.39, 0.29) is 11.9 Å². The van der Waals surface area contributed by atoms with Gasteiger partial charge in [0.05, 0.1) is 23.2 Å². The van der Waals surface area contributed by atoms with E-state index < -0.39 is 10.1 Å². The van der Waals surface area contributed by atoms with E-state index in [0.717, 1.165) is 25.9 Å². The Labute approximate surface area is 224 Å². The van der Waals surface area contributed by atoms with E-state index in [9.17, 15) is 18.0 Å². The molecule has 1 unspecified atom stereocenters. The molecule has 0 radical (unpaired) electrons. The molecule has 11 heteroatoms. The number of amides is 3. The Balaban J connectivity index is 0.000000617. The van der Waals surface area contributed by atoms with Crippen molar-refractivity contribution in [2.75, 3.05) is 49.2 Å². The van der Waals surface area contributed by atoms with E-state index in [4.69, 9.17) is 4.55 Å². The highest BCUT2D eigenvalue weighted by Crippen LogP contribution is 2.37. The molecule has 0 bridgehead atoms. The van der Waals surface area contributed by atoms with Gasteiger partial charge in [-0.25, -0.2) is 14.7 Å². The number of fused-ring (bicyclic) bond motifs is 2. The van der Waals surface area contributed by atoms with E-state index in [0.29, 0.717) is 34.9 Å². The van der Waals surface area contributed by atoms with Crippen LogP contribution in [-0.2, 0) is 10.1 Å². The summed E-state index contributed by atoms with van der Waals surface area (Å²) in [6, 6.07) is 10.7. The zero-order valence-corrected chi connectivity index (χ0v) is 22.7. The number of urea groups is 1. The Morgan fingerprint density at radius 1 is 1.08 bits per heavy atom. The normalized spacial score (nSPS) is 19.8. The fourth-order valence-corrected chi connectivity index (χ4v) is 5.43. The highest BCUT2D eigenvalue weighted by atomic mass is 32.2. The van der Waals surface area contributed by atoms with Crippen molar-refractivity contribution in [3.8, 4) is 0 Å². The van der Waals surface area contributed by atoms with Gasteiger partial charge >= 0.3 is 6.03 Å². The maximum absolute atomic E-state index is 13.9. The number of benzene rings is 1. The number of nitrogens with one attached hydrogen (secondary N) is 1. The number of carbonyl (C=O) groups excluding carboxylic acids is 2. The molecule has 3 amide bonds. The summed E-state index contributed by atoms with van der Waals surface area (Å²) < 4.78 is 25.9. The molecule has 2 N–H and O–H groups in total. The first kappa shape index (κ1) is 28.0. The van der Waals surface area contributed by atoms with Gasteiger partial charge in [-0.05, 0) is 88.3 Å². The first-order chi connectivity index (χ1) is 18.2. The fourth-order valence-electron chi connectivity index (χ4n) is 5.43. The van der Waals surface area contributed by atoms with Crippen LogP contribution in [0.3, 0.4) is 0 Å². The van der Waals surface area contributed by atoms with Gasteiger partial charge in [0.1, 0.15) is 0 Å². The number of para-hydroxylation sites is 1. The highest BCUT2D eigenvalue weighted by molar-refractivity contribution is 7.85. The van der Waals surface area contributed by atoms with Gasteiger partial charge in [0, 0.05) is 19.3 Å². The molecule has 0 aliphatic carbocycles. The molecule has 2 saturated heterocycles. The van der Waals surface area contributed by atoms with Gasteiger partial charge in [-0.15, -0.1) is 0 Å². The molecule has 3 aliphatic rings. The van der Waals surface area contributed by atoms with Crippen LogP contribution < -0.4 is 10.2 Å². The lowest BCUT2D eigenvalue weighted by Gasteiger charge is -2.36. The molecule has 0 spiro atoms. The van der Waals surface area contributed by atoms with Gasteiger partial charge in [-0.3, -0.25) is 9.35 Å². The molecule has 4 heterocycles. The number of hydrogen-bond acceptors (Lipinski definition) is 6. The summed E-state index contributed by atoms with van der Waals surface area (Å²) in [5.74, 6) is 0.787. The molecule has 1 aromatic heterocycles. The Morgan fingerprint density at radius 3 is 2.58 bits per heavy atom. The minimum Gasteiger partial charge on any atom is -0.324 e. The van der Waals surface area contributed by atoms with Crippen LogP contribution in [0.1, 0.15) is 55.3 Å². The summed E-state index contributed by atoms with van der Waals surface area (Å²) in [7, 11) is -3.67. The Bertz CT molecular complexity index is 1220. The Hall–Kier alpha value is -3.02. The van der Waals surface area contributed by atoms with Crippen LogP contribution in [0, 0.1) is 5.92 Å². The molecule has 2 fully saturated rings. The molecule has 10 nitrogen and oxygen atoms in total. The third-order valence-corrected chi connectivity index (χ3v) is 7.15. The lowest BCUT2D eigenvalue weighted by atomic mass is 9.93. The monoisotopic (exact) mass is 543 g/mol. The summed E-state index contributed by atoms with van der Waals surface area (Å²) in [6.07, 6.45) is 11.0. The molecule has 0 saturated carbocycles. The van der Waals surface area contributed by atoms with Crippen LogP contribution in [0.15, 0.2) is 42.6 Å². The summed E-state index contributed by atoms with van der Waals surface area (Å²) >= 11 is 0.